The van der Waals surface area contributed by atoms with Crippen LogP contribution in [0.1, 0.15) is 29.7 Å². The zero-order chi connectivity index (χ0) is 21.3. The van der Waals surface area contributed by atoms with Crippen molar-refractivity contribution in [3.63, 3.8) is 0 Å². The van der Waals surface area contributed by atoms with Gasteiger partial charge in [-0.15, -0.1) is 11.3 Å². The van der Waals surface area contributed by atoms with Crippen LogP contribution in [0, 0.1) is 13.8 Å². The molecule has 152 valence electrons. The third kappa shape index (κ3) is 3.78. The molecule has 5 nitrogen and oxygen atoms in total. The van der Waals surface area contributed by atoms with Crippen molar-refractivity contribution in [2.24, 2.45) is 0 Å². The van der Waals surface area contributed by atoms with Gasteiger partial charge in [0.05, 0.1) is 11.7 Å². The number of carbonyl (C=O) groups is 1. The van der Waals surface area contributed by atoms with Crippen molar-refractivity contribution in [2.75, 3.05) is 0 Å². The lowest BCUT2D eigenvalue weighted by molar-refractivity contribution is -0.148. The smallest absolute Gasteiger partial charge is 0.329 e. The van der Waals surface area contributed by atoms with Gasteiger partial charge in [-0.1, -0.05) is 48.5 Å². The van der Waals surface area contributed by atoms with Crippen LogP contribution >= 0.6 is 11.3 Å². The van der Waals surface area contributed by atoms with Crippen LogP contribution in [0.15, 0.2) is 65.0 Å². The number of hydrogen-bond donors (Lipinski definition) is 0. The van der Waals surface area contributed by atoms with E-state index in [2.05, 4.69) is 24.9 Å². The molecule has 2 heterocycles. The minimum Gasteiger partial charge on any atom is -0.459 e. The average Bonchev–Trinajstić information content (AvgIpc) is 3.19. The summed E-state index contributed by atoms with van der Waals surface area (Å²) in [4.78, 5) is 30.9. The van der Waals surface area contributed by atoms with Crippen LogP contribution in [0.4, 0.5) is 0 Å². The van der Waals surface area contributed by atoms with Gasteiger partial charge in [-0.2, -0.15) is 0 Å². The minimum absolute atomic E-state index is 0.167. The number of ether oxygens (including phenoxy) is 1. The van der Waals surface area contributed by atoms with Gasteiger partial charge in [0, 0.05) is 10.9 Å². The minimum atomic E-state index is -0.773. The van der Waals surface area contributed by atoms with Gasteiger partial charge in [0.2, 0.25) is 0 Å². The molecule has 0 aliphatic rings. The molecule has 0 aliphatic heterocycles. The summed E-state index contributed by atoms with van der Waals surface area (Å²) in [7, 11) is 0. The van der Waals surface area contributed by atoms with E-state index in [-0.39, 0.29) is 12.2 Å². The lowest BCUT2D eigenvalue weighted by atomic mass is 10.0. The Kier molecular flexibility index (Phi) is 5.50. The summed E-state index contributed by atoms with van der Waals surface area (Å²) in [5.74, 6) is -0.468. The van der Waals surface area contributed by atoms with E-state index < -0.39 is 12.0 Å². The Hall–Kier alpha value is -3.25. The topological polar surface area (TPSA) is 61.2 Å². The Bertz CT molecular complexity index is 1270. The van der Waals surface area contributed by atoms with Crippen LogP contribution < -0.4 is 5.56 Å². The van der Waals surface area contributed by atoms with Gasteiger partial charge in [0.25, 0.3) is 5.56 Å². The van der Waals surface area contributed by atoms with Crippen LogP contribution in [-0.2, 0) is 16.1 Å². The number of aromatic nitrogens is 2. The molecule has 2 aromatic heterocycles. The molecule has 0 fully saturated rings. The van der Waals surface area contributed by atoms with Crippen molar-refractivity contribution in [2.45, 2.75) is 33.4 Å². The maximum atomic E-state index is 13.3. The van der Waals surface area contributed by atoms with Crippen LogP contribution in [-0.4, -0.2) is 15.5 Å². The van der Waals surface area contributed by atoms with Gasteiger partial charge < -0.3 is 4.74 Å². The molecule has 0 radical (unpaired) electrons. The molecule has 1 atom stereocenters. The van der Waals surface area contributed by atoms with Crippen molar-refractivity contribution in [1.82, 2.24) is 9.55 Å². The number of nitrogens with zero attached hydrogens (tertiary/aromatic N) is 2. The highest BCUT2D eigenvalue weighted by molar-refractivity contribution is 7.17. The number of rotatable bonds is 5. The molecular formula is C24H22N2O3S. The Balaban J connectivity index is 1.66. The number of aryl methyl sites for hydroxylation is 2. The van der Waals surface area contributed by atoms with E-state index in [1.807, 2.05) is 47.8 Å². The summed E-state index contributed by atoms with van der Waals surface area (Å²) in [5.41, 5.74) is 4.83. The Morgan fingerprint density at radius 1 is 1.13 bits per heavy atom. The molecule has 0 saturated carbocycles. The predicted octanol–water partition coefficient (Wildman–Crippen LogP) is 5.05. The zero-order valence-corrected chi connectivity index (χ0v) is 17.9. The van der Waals surface area contributed by atoms with Crippen LogP contribution in [0.3, 0.4) is 0 Å². The quantitative estimate of drug-likeness (QED) is 0.426. The summed E-state index contributed by atoms with van der Waals surface area (Å²) in [5, 5.41) is 2.49. The largest absolute Gasteiger partial charge is 0.459 e. The third-order valence-electron chi connectivity index (χ3n) is 5.32. The molecule has 2 aromatic carbocycles. The standard InChI is InChI=1S/C24H22N2O3S/c1-15-9-10-19(11-16(15)2)20-13-30-22-21(20)23(27)26(14-25-22)17(3)24(28)29-12-18-7-5-4-6-8-18/h4-11,13-14,17H,12H2,1-3H3/t17-/m0/s1. The number of fused-ring (bicyclic) bond motifs is 1. The molecule has 0 unspecified atom stereocenters. The molecule has 6 heteroatoms. The SMILES string of the molecule is Cc1ccc(-c2csc3ncn([C@@H](C)C(=O)OCc4ccccc4)c(=O)c23)cc1C. The molecule has 0 amide bonds. The zero-order valence-electron chi connectivity index (χ0n) is 17.1. The van der Waals surface area contributed by atoms with Gasteiger partial charge in [-0.3, -0.25) is 9.36 Å². The van der Waals surface area contributed by atoms with Crippen LogP contribution in [0.25, 0.3) is 21.3 Å². The molecule has 0 bridgehead atoms. The van der Waals surface area contributed by atoms with Crippen LogP contribution in [0.2, 0.25) is 0 Å². The van der Waals surface area contributed by atoms with Crippen molar-refractivity contribution in [3.8, 4) is 11.1 Å². The van der Waals surface area contributed by atoms with E-state index >= 15 is 0 Å². The number of benzene rings is 2. The molecule has 0 saturated heterocycles. The Labute approximate surface area is 178 Å². The molecule has 30 heavy (non-hydrogen) atoms. The number of esters is 1. The van der Waals surface area contributed by atoms with E-state index in [1.54, 1.807) is 6.92 Å². The Morgan fingerprint density at radius 3 is 2.63 bits per heavy atom. The molecule has 0 spiro atoms. The second-order valence-electron chi connectivity index (χ2n) is 7.35. The predicted molar refractivity (Wildman–Crippen MR) is 120 cm³/mol. The lowest BCUT2D eigenvalue weighted by Crippen LogP contribution is -2.29. The first kappa shape index (κ1) is 20.0. The highest BCUT2D eigenvalue weighted by Crippen LogP contribution is 2.32. The molecule has 4 aromatic rings. The molecular weight excluding hydrogens is 396 g/mol. The highest BCUT2D eigenvalue weighted by atomic mass is 32.1. The first-order valence-corrected chi connectivity index (χ1v) is 10.6. The fraction of sp³-hybridized carbons (Fsp3) is 0.208. The average molecular weight is 419 g/mol. The summed E-state index contributed by atoms with van der Waals surface area (Å²) in [6, 6.07) is 14.8. The first-order chi connectivity index (χ1) is 14.5. The molecule has 4 rings (SSSR count). The van der Waals surface area contributed by atoms with Crippen molar-refractivity contribution in [3.05, 3.63) is 87.3 Å². The van der Waals surface area contributed by atoms with E-state index in [0.717, 1.165) is 22.3 Å². The van der Waals surface area contributed by atoms with Gasteiger partial charge >= 0.3 is 5.97 Å². The monoisotopic (exact) mass is 418 g/mol. The summed E-state index contributed by atoms with van der Waals surface area (Å²) in [6.07, 6.45) is 1.43. The molecule has 0 N–H and O–H groups in total. The Morgan fingerprint density at radius 2 is 1.90 bits per heavy atom. The fourth-order valence-corrected chi connectivity index (χ4v) is 4.21. The number of hydrogen-bond acceptors (Lipinski definition) is 5. The van der Waals surface area contributed by atoms with E-state index in [9.17, 15) is 9.59 Å². The maximum Gasteiger partial charge on any atom is 0.329 e. The van der Waals surface area contributed by atoms with Crippen LogP contribution in [0.5, 0.6) is 0 Å². The first-order valence-electron chi connectivity index (χ1n) is 9.72. The number of thiophene rings is 1. The van der Waals surface area contributed by atoms with Gasteiger partial charge in [-0.25, -0.2) is 9.78 Å². The second-order valence-corrected chi connectivity index (χ2v) is 8.21. The van der Waals surface area contributed by atoms with Gasteiger partial charge in [0.1, 0.15) is 17.5 Å². The summed E-state index contributed by atoms with van der Waals surface area (Å²) >= 11 is 1.43. The summed E-state index contributed by atoms with van der Waals surface area (Å²) in [6.45, 7) is 5.93. The highest BCUT2D eigenvalue weighted by Gasteiger charge is 2.21. The van der Waals surface area contributed by atoms with E-state index in [4.69, 9.17) is 4.74 Å². The maximum absolute atomic E-state index is 13.3. The lowest BCUT2D eigenvalue weighted by Gasteiger charge is -2.14. The summed E-state index contributed by atoms with van der Waals surface area (Å²) < 4.78 is 6.77. The van der Waals surface area contributed by atoms with E-state index in [0.29, 0.717) is 10.2 Å². The van der Waals surface area contributed by atoms with Crippen molar-refractivity contribution < 1.29 is 9.53 Å². The van der Waals surface area contributed by atoms with E-state index in [1.165, 1.54) is 27.8 Å². The number of carbonyl (C=O) groups excluding carboxylic acids is 1. The molecule has 0 aliphatic carbocycles. The fourth-order valence-electron chi connectivity index (χ4n) is 3.31. The van der Waals surface area contributed by atoms with Crippen molar-refractivity contribution in [1.29, 1.82) is 0 Å². The second kappa shape index (κ2) is 8.24. The van der Waals surface area contributed by atoms with Gasteiger partial charge in [-0.05, 0) is 43.0 Å². The van der Waals surface area contributed by atoms with Crippen molar-refractivity contribution >= 4 is 27.5 Å². The normalized spacial score (nSPS) is 12.1. The van der Waals surface area contributed by atoms with Gasteiger partial charge in [0.15, 0.2) is 0 Å². The third-order valence-corrected chi connectivity index (χ3v) is 6.21.